The Morgan fingerprint density at radius 1 is 1.62 bits per heavy atom. The molecule has 0 spiro atoms. The van der Waals surface area contributed by atoms with E-state index in [-0.39, 0.29) is 17.1 Å². The number of carbonyl (C=O) groups is 1. The molecular weight excluding hydrogens is 232 g/mol. The van der Waals surface area contributed by atoms with Gasteiger partial charge in [0.15, 0.2) is 0 Å². The first-order valence-corrected chi connectivity index (χ1v) is 4.60. The average Bonchev–Trinajstić information content (AvgIpc) is 2.24. The van der Waals surface area contributed by atoms with E-state index < -0.39 is 16.5 Å². The number of rotatable bonds is 3. The molecule has 0 atom stereocenters. The van der Waals surface area contributed by atoms with Gasteiger partial charge in [0, 0.05) is 0 Å². The molecule has 1 aromatic rings. The minimum Gasteiger partial charge on any atom is -0.341 e. The minimum atomic E-state index is -0.701. The first-order valence-electron chi connectivity index (χ1n) is 4.22. The first-order chi connectivity index (χ1) is 7.57. The van der Waals surface area contributed by atoms with Gasteiger partial charge in [0.2, 0.25) is 0 Å². The molecule has 1 rings (SSSR count). The van der Waals surface area contributed by atoms with Crippen LogP contribution in [0, 0.1) is 22.5 Å². The summed E-state index contributed by atoms with van der Waals surface area (Å²) in [6, 6.07) is 4.12. The van der Waals surface area contributed by atoms with Crippen LogP contribution in [-0.2, 0) is 0 Å². The van der Waals surface area contributed by atoms with Crippen molar-refractivity contribution in [2.45, 2.75) is 0 Å². The van der Waals surface area contributed by atoms with E-state index in [0.29, 0.717) is 0 Å². The van der Waals surface area contributed by atoms with Crippen LogP contribution in [-0.4, -0.2) is 17.4 Å². The molecule has 0 fully saturated rings. The van der Waals surface area contributed by atoms with Crippen molar-refractivity contribution in [1.82, 2.24) is 5.32 Å². The molecule has 1 N–H and O–H groups in total. The normalized spacial score (nSPS) is 9.25. The van der Waals surface area contributed by atoms with Crippen LogP contribution < -0.4 is 5.32 Å². The number of hydrogen-bond donors (Lipinski definition) is 1. The Morgan fingerprint density at radius 2 is 2.31 bits per heavy atom. The molecule has 0 aromatic heterocycles. The number of para-hydroxylation sites is 1. The summed E-state index contributed by atoms with van der Waals surface area (Å²) in [5.41, 5.74) is -0.522. The number of nitrogens with zero attached hydrogens (tertiary/aromatic N) is 1. The average molecular weight is 239 g/mol. The first kappa shape index (κ1) is 12.0. The van der Waals surface area contributed by atoms with E-state index in [2.05, 4.69) is 11.2 Å². The van der Waals surface area contributed by atoms with Crippen LogP contribution in [0.3, 0.4) is 0 Å². The lowest BCUT2D eigenvalue weighted by atomic mass is 10.1. The van der Waals surface area contributed by atoms with Crippen LogP contribution in [0.4, 0.5) is 5.69 Å². The second-order valence-electron chi connectivity index (χ2n) is 2.78. The van der Waals surface area contributed by atoms with Crippen molar-refractivity contribution >= 4 is 23.2 Å². The molecule has 5 nitrogen and oxygen atoms in total. The van der Waals surface area contributed by atoms with Gasteiger partial charge in [-0.25, -0.2) is 0 Å². The largest absolute Gasteiger partial charge is 0.341 e. The van der Waals surface area contributed by atoms with Crippen molar-refractivity contribution in [3.63, 3.8) is 0 Å². The third-order valence-corrected chi connectivity index (χ3v) is 2.07. The number of terminal acetylenes is 1. The molecular formula is C10H7ClN2O3. The minimum absolute atomic E-state index is 0.00248. The summed E-state index contributed by atoms with van der Waals surface area (Å²) in [5.74, 6) is 1.58. The Balaban J connectivity index is 3.14. The molecule has 6 heteroatoms. The van der Waals surface area contributed by atoms with Gasteiger partial charge in [0.25, 0.3) is 5.91 Å². The number of carbonyl (C=O) groups excluding carboxylic acids is 1. The standard InChI is InChI=1S/C10H7ClN2O3/c1-2-6-12-10(14)7-4-3-5-8(11)9(7)13(15)16/h1,3-5H,6H2,(H,12,14). The lowest BCUT2D eigenvalue weighted by Gasteiger charge is -2.03. The monoisotopic (exact) mass is 238 g/mol. The van der Waals surface area contributed by atoms with Gasteiger partial charge in [-0.2, -0.15) is 0 Å². The molecule has 0 saturated heterocycles. The summed E-state index contributed by atoms with van der Waals surface area (Å²) < 4.78 is 0. The number of hydrogen-bond acceptors (Lipinski definition) is 3. The Morgan fingerprint density at radius 3 is 2.88 bits per heavy atom. The molecule has 0 aliphatic rings. The van der Waals surface area contributed by atoms with E-state index in [1.165, 1.54) is 18.2 Å². The highest BCUT2D eigenvalue weighted by atomic mass is 35.5. The summed E-state index contributed by atoms with van der Waals surface area (Å²) in [6.07, 6.45) is 4.96. The lowest BCUT2D eigenvalue weighted by molar-refractivity contribution is -0.385. The number of amides is 1. The fraction of sp³-hybridized carbons (Fsp3) is 0.100. The van der Waals surface area contributed by atoms with Gasteiger partial charge in [0.1, 0.15) is 10.6 Å². The maximum absolute atomic E-state index is 11.5. The highest BCUT2D eigenvalue weighted by Gasteiger charge is 2.22. The maximum Gasteiger partial charge on any atom is 0.300 e. The third kappa shape index (κ3) is 2.49. The van der Waals surface area contributed by atoms with Crippen LogP contribution in [0.15, 0.2) is 18.2 Å². The molecule has 0 aliphatic heterocycles. The van der Waals surface area contributed by atoms with Crippen LogP contribution >= 0.6 is 11.6 Å². The smallest absolute Gasteiger partial charge is 0.300 e. The highest BCUT2D eigenvalue weighted by molar-refractivity contribution is 6.33. The summed E-state index contributed by atoms with van der Waals surface area (Å²) in [7, 11) is 0. The predicted molar refractivity (Wildman–Crippen MR) is 59.3 cm³/mol. The van der Waals surface area contributed by atoms with E-state index in [4.69, 9.17) is 18.0 Å². The topological polar surface area (TPSA) is 72.2 Å². The summed E-state index contributed by atoms with van der Waals surface area (Å²) in [4.78, 5) is 21.5. The number of halogens is 1. The second kappa shape index (κ2) is 5.14. The van der Waals surface area contributed by atoms with E-state index in [1.54, 1.807) is 0 Å². The molecule has 0 bridgehead atoms. The molecule has 16 heavy (non-hydrogen) atoms. The Labute approximate surface area is 96.6 Å². The summed E-state index contributed by atoms with van der Waals surface area (Å²) >= 11 is 5.64. The molecule has 0 saturated carbocycles. The van der Waals surface area contributed by atoms with E-state index in [9.17, 15) is 14.9 Å². The number of benzene rings is 1. The zero-order valence-corrected chi connectivity index (χ0v) is 8.82. The number of nitro benzene ring substituents is 1. The number of nitro groups is 1. The fourth-order valence-corrected chi connectivity index (χ4v) is 1.35. The van der Waals surface area contributed by atoms with Gasteiger partial charge in [-0.3, -0.25) is 14.9 Å². The maximum atomic E-state index is 11.5. The molecule has 0 aliphatic carbocycles. The third-order valence-electron chi connectivity index (χ3n) is 1.76. The van der Waals surface area contributed by atoms with Crippen molar-refractivity contribution < 1.29 is 9.72 Å². The predicted octanol–water partition coefficient (Wildman–Crippen LogP) is 1.61. The van der Waals surface area contributed by atoms with Crippen LogP contribution in [0.5, 0.6) is 0 Å². The molecule has 82 valence electrons. The molecule has 0 radical (unpaired) electrons. The van der Waals surface area contributed by atoms with E-state index in [1.807, 2.05) is 0 Å². The van der Waals surface area contributed by atoms with Crippen LogP contribution in [0.25, 0.3) is 0 Å². The lowest BCUT2D eigenvalue weighted by Crippen LogP contribution is -2.24. The zero-order chi connectivity index (χ0) is 12.1. The van der Waals surface area contributed by atoms with Crippen LogP contribution in [0.1, 0.15) is 10.4 Å². The molecule has 1 amide bonds. The summed E-state index contributed by atoms with van der Waals surface area (Å²) in [6.45, 7) is 0.00248. The van der Waals surface area contributed by atoms with Crippen molar-refractivity contribution in [1.29, 1.82) is 0 Å². The second-order valence-corrected chi connectivity index (χ2v) is 3.19. The molecule has 0 unspecified atom stereocenters. The zero-order valence-electron chi connectivity index (χ0n) is 8.07. The summed E-state index contributed by atoms with van der Waals surface area (Å²) in [5, 5.41) is 13.0. The Bertz CT molecular complexity index is 479. The Kier molecular flexibility index (Phi) is 3.86. The van der Waals surface area contributed by atoms with E-state index >= 15 is 0 Å². The molecule has 1 aromatic carbocycles. The quantitative estimate of drug-likeness (QED) is 0.494. The SMILES string of the molecule is C#CCNC(=O)c1cccc(Cl)c1[N+](=O)[O-]. The van der Waals surface area contributed by atoms with Crippen molar-refractivity contribution in [2.75, 3.05) is 6.54 Å². The van der Waals surface area contributed by atoms with Gasteiger partial charge in [-0.1, -0.05) is 23.6 Å². The van der Waals surface area contributed by atoms with Gasteiger partial charge >= 0.3 is 5.69 Å². The van der Waals surface area contributed by atoms with E-state index in [0.717, 1.165) is 0 Å². The number of nitrogens with one attached hydrogen (secondary N) is 1. The van der Waals surface area contributed by atoms with Crippen molar-refractivity contribution in [3.8, 4) is 12.3 Å². The van der Waals surface area contributed by atoms with Crippen molar-refractivity contribution in [2.24, 2.45) is 0 Å². The molecule has 0 heterocycles. The van der Waals surface area contributed by atoms with Gasteiger partial charge in [-0.05, 0) is 12.1 Å². The van der Waals surface area contributed by atoms with Gasteiger partial charge in [-0.15, -0.1) is 6.42 Å². The van der Waals surface area contributed by atoms with Gasteiger partial charge < -0.3 is 5.32 Å². The van der Waals surface area contributed by atoms with Gasteiger partial charge in [0.05, 0.1) is 11.5 Å². The fourth-order valence-electron chi connectivity index (χ4n) is 1.11. The van der Waals surface area contributed by atoms with Crippen molar-refractivity contribution in [3.05, 3.63) is 38.9 Å². The highest BCUT2D eigenvalue weighted by Crippen LogP contribution is 2.27. The van der Waals surface area contributed by atoms with Crippen LogP contribution in [0.2, 0.25) is 5.02 Å². The Hall–Kier alpha value is -2.06.